The SMILES string of the molecule is O=CN1CCN(C(=O)C2CC(=O)N(CCN3CCOCC3)C2)CC1. The van der Waals surface area contributed by atoms with Gasteiger partial charge in [-0.05, 0) is 0 Å². The Kier molecular flexibility index (Phi) is 5.68. The molecule has 0 saturated carbocycles. The zero-order valence-electron chi connectivity index (χ0n) is 14.1. The summed E-state index contributed by atoms with van der Waals surface area (Å²) in [5.41, 5.74) is 0. The lowest BCUT2D eigenvalue weighted by Gasteiger charge is -2.34. The van der Waals surface area contributed by atoms with Crippen molar-refractivity contribution in [3.63, 3.8) is 0 Å². The van der Waals surface area contributed by atoms with E-state index in [1.807, 2.05) is 4.90 Å². The quantitative estimate of drug-likeness (QED) is 0.569. The summed E-state index contributed by atoms with van der Waals surface area (Å²) < 4.78 is 5.33. The minimum absolute atomic E-state index is 0.0581. The van der Waals surface area contributed by atoms with Gasteiger partial charge < -0.3 is 19.4 Å². The summed E-state index contributed by atoms with van der Waals surface area (Å²) in [7, 11) is 0. The monoisotopic (exact) mass is 338 g/mol. The molecule has 1 atom stereocenters. The van der Waals surface area contributed by atoms with Crippen LogP contribution < -0.4 is 0 Å². The fraction of sp³-hybridized carbons (Fsp3) is 0.812. The molecule has 3 aliphatic rings. The molecule has 3 fully saturated rings. The Hall–Kier alpha value is -1.67. The first kappa shape index (κ1) is 17.2. The van der Waals surface area contributed by atoms with Crippen LogP contribution in [0.3, 0.4) is 0 Å². The zero-order chi connectivity index (χ0) is 16.9. The molecule has 0 radical (unpaired) electrons. The Bertz CT molecular complexity index is 473. The first-order valence-electron chi connectivity index (χ1n) is 8.73. The van der Waals surface area contributed by atoms with E-state index in [0.717, 1.165) is 39.3 Å². The maximum absolute atomic E-state index is 12.6. The van der Waals surface area contributed by atoms with E-state index in [0.29, 0.717) is 45.7 Å². The van der Waals surface area contributed by atoms with E-state index >= 15 is 0 Å². The van der Waals surface area contributed by atoms with Crippen LogP contribution in [0.1, 0.15) is 6.42 Å². The molecule has 0 N–H and O–H groups in total. The Balaban J connectivity index is 1.45. The number of carbonyl (C=O) groups excluding carboxylic acids is 3. The number of amides is 3. The molecule has 134 valence electrons. The molecule has 0 aromatic carbocycles. The number of rotatable bonds is 5. The number of ether oxygens (including phenoxy) is 1. The van der Waals surface area contributed by atoms with E-state index in [9.17, 15) is 14.4 Å². The van der Waals surface area contributed by atoms with Gasteiger partial charge in [-0.2, -0.15) is 0 Å². The van der Waals surface area contributed by atoms with Gasteiger partial charge in [0.2, 0.25) is 18.2 Å². The number of nitrogens with zero attached hydrogens (tertiary/aromatic N) is 4. The van der Waals surface area contributed by atoms with Crippen molar-refractivity contribution in [1.82, 2.24) is 19.6 Å². The van der Waals surface area contributed by atoms with Gasteiger partial charge in [0.1, 0.15) is 0 Å². The molecule has 8 heteroatoms. The van der Waals surface area contributed by atoms with Gasteiger partial charge >= 0.3 is 0 Å². The van der Waals surface area contributed by atoms with Gasteiger partial charge in [-0.1, -0.05) is 0 Å². The van der Waals surface area contributed by atoms with Crippen molar-refractivity contribution in [3.05, 3.63) is 0 Å². The minimum Gasteiger partial charge on any atom is -0.379 e. The number of hydrogen-bond acceptors (Lipinski definition) is 5. The average molecular weight is 338 g/mol. The Morgan fingerprint density at radius 2 is 1.79 bits per heavy atom. The van der Waals surface area contributed by atoms with Crippen molar-refractivity contribution in [2.45, 2.75) is 6.42 Å². The summed E-state index contributed by atoms with van der Waals surface area (Å²) in [5.74, 6) is -0.0964. The third-order valence-electron chi connectivity index (χ3n) is 5.13. The Morgan fingerprint density at radius 1 is 1.08 bits per heavy atom. The first-order valence-corrected chi connectivity index (χ1v) is 8.73. The highest BCUT2D eigenvalue weighted by atomic mass is 16.5. The summed E-state index contributed by atoms with van der Waals surface area (Å²) in [4.78, 5) is 43.1. The number of morpholine rings is 1. The molecule has 3 heterocycles. The van der Waals surface area contributed by atoms with Crippen LogP contribution in [0.15, 0.2) is 0 Å². The molecule has 8 nitrogen and oxygen atoms in total. The van der Waals surface area contributed by atoms with Crippen LogP contribution in [0.5, 0.6) is 0 Å². The van der Waals surface area contributed by atoms with Gasteiger partial charge in [0.15, 0.2) is 0 Å². The summed E-state index contributed by atoms with van der Waals surface area (Å²) in [6.45, 7) is 7.66. The van der Waals surface area contributed by atoms with Crippen LogP contribution in [-0.4, -0.2) is 110 Å². The van der Waals surface area contributed by atoms with Crippen LogP contribution in [0.4, 0.5) is 0 Å². The summed E-state index contributed by atoms with van der Waals surface area (Å²) in [5, 5.41) is 0. The van der Waals surface area contributed by atoms with Gasteiger partial charge in [0.05, 0.1) is 19.1 Å². The van der Waals surface area contributed by atoms with Crippen molar-refractivity contribution in [3.8, 4) is 0 Å². The lowest BCUT2D eigenvalue weighted by atomic mass is 10.1. The van der Waals surface area contributed by atoms with Crippen molar-refractivity contribution < 1.29 is 19.1 Å². The highest BCUT2D eigenvalue weighted by molar-refractivity contribution is 5.89. The van der Waals surface area contributed by atoms with Crippen LogP contribution in [0.2, 0.25) is 0 Å². The van der Waals surface area contributed by atoms with E-state index in [2.05, 4.69) is 4.90 Å². The number of likely N-dealkylation sites (tertiary alicyclic amines) is 1. The van der Waals surface area contributed by atoms with Crippen LogP contribution >= 0.6 is 0 Å². The van der Waals surface area contributed by atoms with Crippen molar-refractivity contribution in [1.29, 1.82) is 0 Å². The lowest BCUT2D eigenvalue weighted by molar-refractivity contribution is -0.139. The normalized spacial score (nSPS) is 26.1. The molecule has 3 aliphatic heterocycles. The molecule has 0 spiro atoms. The first-order chi connectivity index (χ1) is 11.7. The average Bonchev–Trinajstić information content (AvgIpc) is 3.01. The second-order valence-corrected chi connectivity index (χ2v) is 6.66. The van der Waals surface area contributed by atoms with E-state index in [1.54, 1.807) is 9.80 Å². The standard InChI is InChI=1S/C16H26N4O4/c21-13-18-2-4-19(5-3-18)16(23)14-11-15(22)20(12-14)6-1-17-7-9-24-10-8-17/h13-14H,1-12H2. The van der Waals surface area contributed by atoms with Crippen molar-refractivity contribution in [2.75, 3.05) is 72.1 Å². The Labute approximate surface area is 142 Å². The van der Waals surface area contributed by atoms with Gasteiger partial charge in [0.25, 0.3) is 0 Å². The number of hydrogen-bond donors (Lipinski definition) is 0. The topological polar surface area (TPSA) is 73.4 Å². The molecule has 0 bridgehead atoms. The Morgan fingerprint density at radius 3 is 2.46 bits per heavy atom. The van der Waals surface area contributed by atoms with Gasteiger partial charge in [-0.3, -0.25) is 19.3 Å². The predicted octanol–water partition coefficient (Wildman–Crippen LogP) is -1.53. The summed E-state index contributed by atoms with van der Waals surface area (Å²) in [6.07, 6.45) is 1.14. The van der Waals surface area contributed by atoms with Gasteiger partial charge in [-0.15, -0.1) is 0 Å². The van der Waals surface area contributed by atoms with Gasteiger partial charge in [-0.25, -0.2) is 0 Å². The molecule has 3 rings (SSSR count). The smallest absolute Gasteiger partial charge is 0.228 e. The van der Waals surface area contributed by atoms with Gasteiger partial charge in [0, 0.05) is 65.3 Å². The third-order valence-corrected chi connectivity index (χ3v) is 5.13. The van der Waals surface area contributed by atoms with Crippen LogP contribution in [0, 0.1) is 5.92 Å². The highest BCUT2D eigenvalue weighted by Gasteiger charge is 2.37. The summed E-state index contributed by atoms with van der Waals surface area (Å²) >= 11 is 0. The zero-order valence-corrected chi connectivity index (χ0v) is 14.1. The minimum atomic E-state index is -0.232. The maximum Gasteiger partial charge on any atom is 0.228 e. The largest absolute Gasteiger partial charge is 0.379 e. The van der Waals surface area contributed by atoms with Crippen molar-refractivity contribution in [2.24, 2.45) is 5.92 Å². The second kappa shape index (κ2) is 7.94. The predicted molar refractivity (Wildman–Crippen MR) is 86.2 cm³/mol. The molecule has 0 aliphatic carbocycles. The van der Waals surface area contributed by atoms with E-state index in [1.165, 1.54) is 0 Å². The van der Waals surface area contributed by atoms with E-state index < -0.39 is 0 Å². The van der Waals surface area contributed by atoms with Crippen LogP contribution in [0.25, 0.3) is 0 Å². The fourth-order valence-corrected chi connectivity index (χ4v) is 3.55. The lowest BCUT2D eigenvalue weighted by Crippen LogP contribution is -2.50. The van der Waals surface area contributed by atoms with E-state index in [-0.39, 0.29) is 17.7 Å². The molecule has 24 heavy (non-hydrogen) atoms. The molecule has 1 unspecified atom stereocenters. The number of carbonyl (C=O) groups is 3. The highest BCUT2D eigenvalue weighted by Crippen LogP contribution is 2.21. The summed E-state index contributed by atoms with van der Waals surface area (Å²) in [6, 6.07) is 0. The molecule has 0 aromatic rings. The molecule has 0 aromatic heterocycles. The fourth-order valence-electron chi connectivity index (χ4n) is 3.55. The second-order valence-electron chi connectivity index (χ2n) is 6.66. The van der Waals surface area contributed by atoms with Crippen molar-refractivity contribution >= 4 is 18.2 Å². The third kappa shape index (κ3) is 4.05. The van der Waals surface area contributed by atoms with E-state index in [4.69, 9.17) is 4.74 Å². The molecule has 3 amide bonds. The maximum atomic E-state index is 12.6. The molecular formula is C16H26N4O4. The number of piperazine rings is 1. The van der Waals surface area contributed by atoms with Crippen LogP contribution in [-0.2, 0) is 19.1 Å². The molecular weight excluding hydrogens is 312 g/mol. The molecule has 3 saturated heterocycles.